The number of piperazine rings is 1. The SMILES string of the molecule is CN1CC2CCC(C1)N2C(=O)C1(Cn2c(-c3ccc(O)cc3)c(C3CCCCC3)c3ccc(C(=O)NS(=O)(=O)N(C)C)cc32)CC1. The molecular formula is C35H45N5O5S. The summed E-state index contributed by atoms with van der Waals surface area (Å²) in [6.07, 6.45) is 9.32. The third-order valence-electron chi connectivity index (χ3n) is 10.9. The van der Waals surface area contributed by atoms with Gasteiger partial charge in [-0.1, -0.05) is 25.3 Å². The number of carbonyl (C=O) groups is 2. The molecule has 2 atom stereocenters. The number of carbonyl (C=O) groups excluding carboxylic acids is 2. The summed E-state index contributed by atoms with van der Waals surface area (Å²) in [6.45, 7) is 2.30. The lowest BCUT2D eigenvalue weighted by molar-refractivity contribution is -0.143. The van der Waals surface area contributed by atoms with Crippen LogP contribution in [0.4, 0.5) is 0 Å². The molecule has 2 bridgehead atoms. The Kier molecular flexibility index (Phi) is 7.92. The number of aromatic hydroxyl groups is 1. The van der Waals surface area contributed by atoms with E-state index in [4.69, 9.17) is 0 Å². The second-order valence-electron chi connectivity index (χ2n) is 14.3. The number of benzene rings is 2. The van der Waals surface area contributed by atoms with Crippen LogP contribution in [0.25, 0.3) is 22.2 Å². The van der Waals surface area contributed by atoms with Crippen LogP contribution in [-0.4, -0.2) is 90.3 Å². The van der Waals surface area contributed by atoms with Crippen molar-refractivity contribution in [2.45, 2.75) is 82.3 Å². The smallest absolute Gasteiger partial charge is 0.303 e. The molecule has 2 saturated heterocycles. The van der Waals surface area contributed by atoms with Crippen molar-refractivity contribution in [3.8, 4) is 17.0 Å². The fourth-order valence-corrected chi connectivity index (χ4v) is 8.83. The second-order valence-corrected chi connectivity index (χ2v) is 16.2. The minimum Gasteiger partial charge on any atom is -0.508 e. The molecular weight excluding hydrogens is 602 g/mol. The van der Waals surface area contributed by atoms with Crippen LogP contribution in [0, 0.1) is 5.41 Å². The number of nitrogens with one attached hydrogen (secondary N) is 1. The van der Waals surface area contributed by atoms with Crippen LogP contribution in [0.15, 0.2) is 42.5 Å². The molecule has 3 aromatic rings. The quantitative estimate of drug-likeness (QED) is 0.367. The zero-order valence-electron chi connectivity index (χ0n) is 27.0. The number of phenols is 1. The van der Waals surface area contributed by atoms with Crippen LogP contribution >= 0.6 is 0 Å². The number of hydrogen-bond donors (Lipinski definition) is 2. The van der Waals surface area contributed by atoms with E-state index in [0.717, 1.165) is 90.9 Å². The van der Waals surface area contributed by atoms with Gasteiger partial charge in [-0.25, -0.2) is 4.72 Å². The van der Waals surface area contributed by atoms with Crippen molar-refractivity contribution in [3.05, 3.63) is 53.6 Å². The highest BCUT2D eigenvalue weighted by atomic mass is 32.2. The van der Waals surface area contributed by atoms with Crippen molar-refractivity contribution in [1.29, 1.82) is 0 Å². The van der Waals surface area contributed by atoms with Crippen molar-refractivity contribution in [2.75, 3.05) is 34.2 Å². The highest BCUT2D eigenvalue weighted by molar-refractivity contribution is 7.87. The van der Waals surface area contributed by atoms with Crippen LogP contribution in [0.3, 0.4) is 0 Å². The van der Waals surface area contributed by atoms with Gasteiger partial charge in [0.25, 0.3) is 5.91 Å². The fourth-order valence-electron chi connectivity index (χ4n) is 8.30. The summed E-state index contributed by atoms with van der Waals surface area (Å²) in [5.41, 5.74) is 3.76. The number of hydrogen-bond acceptors (Lipinski definition) is 6. The molecule has 10 nitrogen and oxygen atoms in total. The zero-order chi connectivity index (χ0) is 32.4. The Balaban J connectivity index is 1.37. The van der Waals surface area contributed by atoms with Crippen LogP contribution in [0.5, 0.6) is 5.75 Å². The lowest BCUT2D eigenvalue weighted by Crippen LogP contribution is -2.56. The van der Waals surface area contributed by atoms with Crippen molar-refractivity contribution in [3.63, 3.8) is 0 Å². The van der Waals surface area contributed by atoms with E-state index in [1.165, 1.54) is 26.1 Å². The average Bonchev–Trinajstić information content (AvgIpc) is 3.68. The number of amides is 2. The average molecular weight is 648 g/mol. The van der Waals surface area contributed by atoms with E-state index in [9.17, 15) is 23.1 Å². The van der Waals surface area contributed by atoms with E-state index in [0.29, 0.717) is 12.5 Å². The normalized spacial score (nSPS) is 23.3. The predicted molar refractivity (Wildman–Crippen MR) is 178 cm³/mol. The van der Waals surface area contributed by atoms with E-state index < -0.39 is 21.5 Å². The predicted octanol–water partition coefficient (Wildman–Crippen LogP) is 4.68. The summed E-state index contributed by atoms with van der Waals surface area (Å²) in [5.74, 6) is 0.0530. The zero-order valence-corrected chi connectivity index (χ0v) is 27.9. The molecule has 2 amide bonds. The van der Waals surface area contributed by atoms with E-state index in [1.807, 2.05) is 18.2 Å². The van der Waals surface area contributed by atoms with Crippen LogP contribution < -0.4 is 4.72 Å². The Hall–Kier alpha value is -3.41. The van der Waals surface area contributed by atoms with E-state index in [2.05, 4.69) is 26.1 Å². The van der Waals surface area contributed by atoms with Gasteiger partial charge in [0.15, 0.2) is 0 Å². The minimum absolute atomic E-state index is 0.186. The van der Waals surface area contributed by atoms with Gasteiger partial charge < -0.3 is 19.5 Å². The molecule has 246 valence electrons. The van der Waals surface area contributed by atoms with Crippen LogP contribution in [-0.2, 0) is 21.5 Å². The van der Waals surface area contributed by atoms with Gasteiger partial charge in [-0.05, 0) is 99.0 Å². The molecule has 11 heteroatoms. The third kappa shape index (κ3) is 5.50. The summed E-state index contributed by atoms with van der Waals surface area (Å²) >= 11 is 0. The first-order chi connectivity index (χ1) is 22.0. The fraction of sp³-hybridized carbons (Fsp3) is 0.543. The van der Waals surface area contributed by atoms with Crippen molar-refractivity contribution < 1.29 is 23.1 Å². The number of nitrogens with zero attached hydrogens (tertiary/aromatic N) is 4. The van der Waals surface area contributed by atoms with Crippen molar-refractivity contribution >= 4 is 32.9 Å². The first-order valence-electron chi connectivity index (χ1n) is 16.7. The van der Waals surface area contributed by atoms with Crippen LogP contribution in [0.2, 0.25) is 0 Å². The molecule has 7 rings (SSSR count). The lowest BCUT2D eigenvalue weighted by atomic mass is 9.81. The minimum atomic E-state index is -3.98. The Morgan fingerprint density at radius 1 is 0.957 bits per heavy atom. The molecule has 2 unspecified atom stereocenters. The molecule has 1 aromatic heterocycles. The molecule has 4 fully saturated rings. The van der Waals surface area contributed by atoms with Gasteiger partial charge >= 0.3 is 10.2 Å². The number of fused-ring (bicyclic) bond motifs is 3. The Bertz CT molecular complexity index is 1760. The summed E-state index contributed by atoms with van der Waals surface area (Å²) in [7, 11) is 0.918. The number of phenolic OH excluding ortho intramolecular Hbond substituents is 1. The molecule has 4 aliphatic rings. The monoisotopic (exact) mass is 647 g/mol. The van der Waals surface area contributed by atoms with Gasteiger partial charge in [0, 0.05) is 62.3 Å². The van der Waals surface area contributed by atoms with Crippen molar-refractivity contribution in [2.24, 2.45) is 5.41 Å². The number of rotatable bonds is 8. The lowest BCUT2D eigenvalue weighted by Gasteiger charge is -2.41. The van der Waals surface area contributed by atoms with E-state index in [1.54, 1.807) is 24.3 Å². The maximum Gasteiger partial charge on any atom is 0.303 e. The Morgan fingerprint density at radius 3 is 2.22 bits per heavy atom. The molecule has 2 aliphatic carbocycles. The molecule has 3 heterocycles. The summed E-state index contributed by atoms with van der Waals surface area (Å²) in [5, 5.41) is 11.2. The number of aromatic nitrogens is 1. The Labute approximate surface area is 271 Å². The van der Waals surface area contributed by atoms with Gasteiger partial charge in [-0.2, -0.15) is 12.7 Å². The molecule has 2 aliphatic heterocycles. The summed E-state index contributed by atoms with van der Waals surface area (Å²) in [6, 6.07) is 13.2. The van der Waals surface area contributed by atoms with E-state index >= 15 is 0 Å². The van der Waals surface area contributed by atoms with Gasteiger partial charge in [0.1, 0.15) is 5.75 Å². The topological polar surface area (TPSA) is 115 Å². The molecule has 0 radical (unpaired) electrons. The van der Waals surface area contributed by atoms with Gasteiger partial charge in [0.05, 0.1) is 11.1 Å². The third-order valence-corrected chi connectivity index (χ3v) is 12.3. The highest BCUT2D eigenvalue weighted by Gasteiger charge is 2.56. The number of likely N-dealkylation sites (N-methyl/N-ethyl adjacent to an activating group) is 1. The van der Waals surface area contributed by atoms with E-state index in [-0.39, 0.29) is 29.3 Å². The Morgan fingerprint density at radius 2 is 1.61 bits per heavy atom. The highest BCUT2D eigenvalue weighted by Crippen LogP contribution is 2.53. The second kappa shape index (κ2) is 11.7. The van der Waals surface area contributed by atoms with Gasteiger partial charge in [0.2, 0.25) is 5.91 Å². The van der Waals surface area contributed by atoms with Crippen LogP contribution in [0.1, 0.15) is 79.6 Å². The number of likely N-dealkylation sites (tertiary alicyclic amines) is 1. The largest absolute Gasteiger partial charge is 0.508 e. The maximum absolute atomic E-state index is 14.5. The molecule has 0 spiro atoms. The molecule has 2 saturated carbocycles. The first kappa shape index (κ1) is 31.2. The molecule has 46 heavy (non-hydrogen) atoms. The summed E-state index contributed by atoms with van der Waals surface area (Å²) in [4.78, 5) is 32.4. The van der Waals surface area contributed by atoms with Gasteiger partial charge in [-0.3, -0.25) is 9.59 Å². The summed E-state index contributed by atoms with van der Waals surface area (Å²) < 4.78 is 30.5. The molecule has 2 N–H and O–H groups in total. The maximum atomic E-state index is 14.5. The standard InChI is InChI=1S/C35H45N5O5S/c1-37(2)46(44,45)36-33(42)25-11-16-29-30(19-25)39(22-35(17-18-35)34(43)40-26-12-13-27(40)21-38(3)20-26)32(24-9-14-28(41)15-10-24)31(29)23-7-5-4-6-8-23/h9-11,14-16,19,23,26-27,41H,4-8,12-13,17-18,20-22H2,1-3H3,(H,36,42). The van der Waals surface area contributed by atoms with Crippen molar-refractivity contribution in [1.82, 2.24) is 23.4 Å². The molecule has 2 aromatic carbocycles. The van der Waals surface area contributed by atoms with Gasteiger partial charge in [-0.15, -0.1) is 0 Å². The first-order valence-corrected chi connectivity index (χ1v) is 18.1.